The van der Waals surface area contributed by atoms with Crippen LogP contribution in [-0.4, -0.2) is 38.3 Å². The maximum absolute atomic E-state index is 12.5. The van der Waals surface area contributed by atoms with Crippen molar-refractivity contribution in [3.8, 4) is 5.75 Å². The first-order valence-electron chi connectivity index (χ1n) is 9.38. The van der Waals surface area contributed by atoms with Gasteiger partial charge in [-0.1, -0.05) is 26.0 Å². The quantitative estimate of drug-likeness (QED) is 0.691. The zero-order valence-corrected chi connectivity index (χ0v) is 17.7. The largest absolute Gasteiger partial charge is 0.493 e. The van der Waals surface area contributed by atoms with Crippen LogP contribution >= 0.6 is 0 Å². The number of nitrogens with zero attached hydrogens (tertiary/aromatic N) is 1. The van der Waals surface area contributed by atoms with Crippen molar-refractivity contribution in [1.29, 1.82) is 0 Å². The van der Waals surface area contributed by atoms with Crippen LogP contribution in [-0.2, 0) is 14.8 Å². The van der Waals surface area contributed by atoms with Crippen LogP contribution in [0.1, 0.15) is 31.4 Å². The summed E-state index contributed by atoms with van der Waals surface area (Å²) >= 11 is 0. The highest BCUT2D eigenvalue weighted by Gasteiger charge is 2.21. The van der Waals surface area contributed by atoms with Gasteiger partial charge in [0.1, 0.15) is 5.75 Å². The second-order valence-corrected chi connectivity index (χ2v) is 8.47. The van der Waals surface area contributed by atoms with E-state index in [1.165, 1.54) is 16.4 Å². The van der Waals surface area contributed by atoms with Gasteiger partial charge in [-0.2, -0.15) is 4.31 Å². The highest BCUT2D eigenvalue weighted by molar-refractivity contribution is 7.89. The fraction of sp³-hybridized carbons (Fsp3) is 0.381. The number of nitrogens with one attached hydrogen (secondary N) is 1. The number of amides is 1. The first kappa shape index (κ1) is 21.9. The van der Waals surface area contributed by atoms with Crippen molar-refractivity contribution in [2.45, 2.75) is 39.0 Å². The molecule has 0 unspecified atom stereocenters. The number of sulfonamides is 1. The SMILES string of the molecule is CCN(CC)S(=O)(=O)c1ccc(NC(=O)CCOc2cc(C)ccc2C)cc1. The molecular weight excluding hydrogens is 376 g/mol. The first-order chi connectivity index (χ1) is 13.3. The number of anilines is 1. The van der Waals surface area contributed by atoms with Crippen LogP contribution in [0.4, 0.5) is 5.69 Å². The van der Waals surface area contributed by atoms with Crippen LogP contribution in [0.5, 0.6) is 5.75 Å². The maximum atomic E-state index is 12.5. The molecule has 152 valence electrons. The molecule has 1 amide bonds. The zero-order chi connectivity index (χ0) is 20.7. The summed E-state index contributed by atoms with van der Waals surface area (Å²) in [6, 6.07) is 12.2. The van der Waals surface area contributed by atoms with E-state index in [-0.39, 0.29) is 23.8 Å². The molecular formula is C21H28N2O4S. The van der Waals surface area contributed by atoms with Crippen molar-refractivity contribution in [2.24, 2.45) is 0 Å². The van der Waals surface area contributed by atoms with Gasteiger partial charge in [0.15, 0.2) is 0 Å². The minimum atomic E-state index is -3.50. The Bertz CT molecular complexity index is 905. The molecule has 0 radical (unpaired) electrons. The summed E-state index contributed by atoms with van der Waals surface area (Å²) in [4.78, 5) is 12.3. The lowest BCUT2D eigenvalue weighted by Crippen LogP contribution is -2.30. The minimum Gasteiger partial charge on any atom is -0.493 e. The molecule has 0 saturated carbocycles. The molecule has 0 saturated heterocycles. The number of hydrogen-bond donors (Lipinski definition) is 1. The average molecular weight is 405 g/mol. The van der Waals surface area contributed by atoms with E-state index < -0.39 is 10.0 Å². The van der Waals surface area contributed by atoms with Crippen LogP contribution in [0.2, 0.25) is 0 Å². The van der Waals surface area contributed by atoms with E-state index in [0.29, 0.717) is 18.8 Å². The first-order valence-corrected chi connectivity index (χ1v) is 10.8. The molecule has 6 nitrogen and oxygen atoms in total. The van der Waals surface area contributed by atoms with Crippen LogP contribution < -0.4 is 10.1 Å². The van der Waals surface area contributed by atoms with E-state index in [2.05, 4.69) is 5.32 Å². The number of hydrogen-bond acceptors (Lipinski definition) is 4. The molecule has 0 aliphatic heterocycles. The van der Waals surface area contributed by atoms with Gasteiger partial charge in [-0.15, -0.1) is 0 Å². The molecule has 2 rings (SSSR count). The monoisotopic (exact) mass is 404 g/mol. The fourth-order valence-electron chi connectivity index (χ4n) is 2.76. The number of benzene rings is 2. The van der Waals surface area contributed by atoms with Gasteiger partial charge in [0.25, 0.3) is 0 Å². The highest BCUT2D eigenvalue weighted by Crippen LogP contribution is 2.20. The Hall–Kier alpha value is -2.38. The molecule has 0 bridgehead atoms. The lowest BCUT2D eigenvalue weighted by molar-refractivity contribution is -0.116. The van der Waals surface area contributed by atoms with Crippen molar-refractivity contribution >= 4 is 21.6 Å². The van der Waals surface area contributed by atoms with Gasteiger partial charge < -0.3 is 10.1 Å². The molecule has 0 atom stereocenters. The molecule has 7 heteroatoms. The Morgan fingerprint density at radius 3 is 2.29 bits per heavy atom. The van der Waals surface area contributed by atoms with E-state index in [4.69, 9.17) is 4.74 Å². The summed E-state index contributed by atoms with van der Waals surface area (Å²) in [5, 5.41) is 2.76. The predicted molar refractivity (Wildman–Crippen MR) is 111 cm³/mol. The van der Waals surface area contributed by atoms with E-state index in [1.807, 2.05) is 32.0 Å². The zero-order valence-electron chi connectivity index (χ0n) is 16.9. The van der Waals surface area contributed by atoms with Gasteiger partial charge in [0.2, 0.25) is 15.9 Å². The Labute approximate surface area is 167 Å². The van der Waals surface area contributed by atoms with Crippen molar-refractivity contribution < 1.29 is 17.9 Å². The predicted octanol–water partition coefficient (Wildman–Crippen LogP) is 3.74. The molecule has 2 aromatic rings. The Balaban J connectivity index is 1.91. The molecule has 0 aliphatic carbocycles. The standard InChI is InChI=1S/C21H28N2O4S/c1-5-23(6-2)28(25,26)19-11-9-18(10-12-19)22-21(24)13-14-27-20-15-16(3)7-8-17(20)4/h7-12,15H,5-6,13-14H2,1-4H3,(H,22,24). The normalized spacial score (nSPS) is 11.5. The average Bonchev–Trinajstić information content (AvgIpc) is 2.65. The Morgan fingerprint density at radius 2 is 1.68 bits per heavy atom. The summed E-state index contributed by atoms with van der Waals surface area (Å²) in [6.45, 7) is 8.65. The third-order valence-electron chi connectivity index (χ3n) is 4.41. The van der Waals surface area contributed by atoms with Crippen molar-refractivity contribution in [3.63, 3.8) is 0 Å². The summed E-state index contributed by atoms with van der Waals surface area (Å²) in [6.07, 6.45) is 0.201. The smallest absolute Gasteiger partial charge is 0.243 e. The Kier molecular flexibility index (Phi) is 7.60. The number of carbonyl (C=O) groups is 1. The summed E-state index contributed by atoms with van der Waals surface area (Å²) < 4.78 is 32.0. The second-order valence-electron chi connectivity index (χ2n) is 6.53. The van der Waals surface area contributed by atoms with Crippen LogP contribution in [0.25, 0.3) is 0 Å². The van der Waals surface area contributed by atoms with E-state index in [0.717, 1.165) is 16.9 Å². The summed E-state index contributed by atoms with van der Waals surface area (Å²) in [5.74, 6) is 0.586. The second kappa shape index (κ2) is 9.71. The third kappa shape index (κ3) is 5.56. The van der Waals surface area contributed by atoms with Crippen LogP contribution in [0.3, 0.4) is 0 Å². The molecule has 0 aliphatic rings. The molecule has 28 heavy (non-hydrogen) atoms. The molecule has 1 N–H and O–H groups in total. The van der Waals surface area contributed by atoms with E-state index in [9.17, 15) is 13.2 Å². The third-order valence-corrected chi connectivity index (χ3v) is 6.48. The Morgan fingerprint density at radius 1 is 1.04 bits per heavy atom. The molecule has 2 aromatic carbocycles. The van der Waals surface area contributed by atoms with E-state index in [1.54, 1.807) is 26.0 Å². The number of carbonyl (C=O) groups excluding carboxylic acids is 1. The molecule has 0 fully saturated rings. The maximum Gasteiger partial charge on any atom is 0.243 e. The van der Waals surface area contributed by atoms with Crippen molar-refractivity contribution in [1.82, 2.24) is 4.31 Å². The van der Waals surface area contributed by atoms with Gasteiger partial charge in [0, 0.05) is 18.8 Å². The van der Waals surface area contributed by atoms with Gasteiger partial charge >= 0.3 is 0 Å². The number of ether oxygens (including phenoxy) is 1. The molecule has 0 aromatic heterocycles. The highest BCUT2D eigenvalue weighted by atomic mass is 32.2. The number of rotatable bonds is 9. The van der Waals surface area contributed by atoms with Crippen molar-refractivity contribution in [2.75, 3.05) is 25.0 Å². The molecule has 0 spiro atoms. The molecule has 0 heterocycles. The fourth-order valence-corrected chi connectivity index (χ4v) is 4.22. The summed E-state index contributed by atoms with van der Waals surface area (Å²) in [7, 11) is -3.50. The summed E-state index contributed by atoms with van der Waals surface area (Å²) in [5.41, 5.74) is 2.68. The van der Waals surface area contributed by atoms with E-state index >= 15 is 0 Å². The van der Waals surface area contributed by atoms with Gasteiger partial charge in [-0.3, -0.25) is 4.79 Å². The minimum absolute atomic E-state index is 0.190. The number of aryl methyl sites for hydroxylation is 2. The van der Waals surface area contributed by atoms with Crippen molar-refractivity contribution in [3.05, 3.63) is 53.6 Å². The lowest BCUT2D eigenvalue weighted by atomic mass is 10.1. The van der Waals surface area contributed by atoms with Gasteiger partial charge in [-0.25, -0.2) is 8.42 Å². The lowest BCUT2D eigenvalue weighted by Gasteiger charge is -2.18. The van der Waals surface area contributed by atoms with Crippen LogP contribution in [0, 0.1) is 13.8 Å². The topological polar surface area (TPSA) is 75.7 Å². The van der Waals surface area contributed by atoms with Gasteiger partial charge in [-0.05, 0) is 55.3 Å². The van der Waals surface area contributed by atoms with Crippen LogP contribution in [0.15, 0.2) is 47.4 Å². The van der Waals surface area contributed by atoms with Gasteiger partial charge in [0.05, 0.1) is 17.9 Å².